The first-order chi connectivity index (χ1) is 13.4. The number of pyridine rings is 1. The molecule has 0 bridgehead atoms. The molecule has 1 saturated carbocycles. The van der Waals surface area contributed by atoms with Crippen LogP contribution in [0.5, 0.6) is 0 Å². The zero-order chi connectivity index (χ0) is 20.1. The minimum Gasteiger partial charge on any atom is -0.366 e. The highest BCUT2D eigenvalue weighted by Crippen LogP contribution is 2.55. The standard InChI is InChI=1S/C21H21Cl2N3O2/c1-12-5-7-21(28-2,19(12)18-15(22)10-25-11-16(18)23)26-8-6-13-3-4-14(20(24)27)9-17(13)26/h3-4,6,8-12,19H,5,7H2,1-2H3,(H2,24,27). The maximum absolute atomic E-state index is 11.7. The van der Waals surface area contributed by atoms with Gasteiger partial charge in [-0.25, -0.2) is 0 Å². The number of carbonyl (C=O) groups is 1. The molecule has 2 N–H and O–H groups in total. The number of hydrogen-bond donors (Lipinski definition) is 1. The summed E-state index contributed by atoms with van der Waals surface area (Å²) in [6, 6.07) is 7.46. The molecule has 2 heterocycles. The van der Waals surface area contributed by atoms with E-state index in [0.717, 1.165) is 29.3 Å². The third-order valence-corrected chi connectivity index (χ3v) is 6.56. The lowest BCUT2D eigenvalue weighted by molar-refractivity contribution is -0.0872. The third-order valence-electron chi connectivity index (χ3n) is 5.95. The third kappa shape index (κ3) is 2.81. The van der Waals surface area contributed by atoms with Gasteiger partial charge in [-0.3, -0.25) is 9.78 Å². The lowest BCUT2D eigenvalue weighted by atomic mass is 9.85. The van der Waals surface area contributed by atoms with Crippen LogP contribution < -0.4 is 5.73 Å². The highest BCUT2D eigenvalue weighted by Gasteiger charge is 2.51. The number of ether oxygens (including phenoxy) is 1. The van der Waals surface area contributed by atoms with E-state index in [-0.39, 0.29) is 11.8 Å². The number of rotatable bonds is 4. The summed E-state index contributed by atoms with van der Waals surface area (Å²) in [6.07, 6.45) is 6.96. The molecule has 1 amide bonds. The van der Waals surface area contributed by atoms with Gasteiger partial charge in [-0.2, -0.15) is 0 Å². The van der Waals surface area contributed by atoms with Gasteiger partial charge in [0, 0.05) is 42.7 Å². The van der Waals surface area contributed by atoms with E-state index in [0.29, 0.717) is 15.6 Å². The lowest BCUT2D eigenvalue weighted by Gasteiger charge is -2.39. The van der Waals surface area contributed by atoms with Gasteiger partial charge in [0.05, 0.1) is 15.6 Å². The number of hydrogen-bond acceptors (Lipinski definition) is 3. The van der Waals surface area contributed by atoms with Crippen LogP contribution in [0.15, 0.2) is 42.9 Å². The number of benzene rings is 1. The van der Waals surface area contributed by atoms with Crippen molar-refractivity contribution in [3.8, 4) is 0 Å². The van der Waals surface area contributed by atoms with E-state index in [1.165, 1.54) is 0 Å². The summed E-state index contributed by atoms with van der Waals surface area (Å²) in [5.41, 5.74) is 7.01. The number of fused-ring (bicyclic) bond motifs is 1. The van der Waals surface area contributed by atoms with Crippen molar-refractivity contribution >= 4 is 40.0 Å². The van der Waals surface area contributed by atoms with Crippen molar-refractivity contribution in [2.24, 2.45) is 11.7 Å². The normalized spacial score (nSPS) is 24.7. The van der Waals surface area contributed by atoms with Crippen molar-refractivity contribution in [1.82, 2.24) is 9.55 Å². The minimum atomic E-state index is -0.688. The Bertz CT molecular complexity index is 1040. The Kier molecular flexibility index (Phi) is 4.86. The lowest BCUT2D eigenvalue weighted by Crippen LogP contribution is -2.39. The smallest absolute Gasteiger partial charge is 0.248 e. The Morgan fingerprint density at radius 3 is 2.64 bits per heavy atom. The van der Waals surface area contributed by atoms with Gasteiger partial charge in [-0.15, -0.1) is 0 Å². The second-order valence-corrected chi connectivity index (χ2v) is 8.20. The SMILES string of the molecule is COC1(n2ccc3ccc(C(N)=O)cc32)CCC(C)C1c1c(Cl)cncc1Cl. The van der Waals surface area contributed by atoms with Crippen LogP contribution in [-0.2, 0) is 10.5 Å². The summed E-state index contributed by atoms with van der Waals surface area (Å²) >= 11 is 13.1. The van der Waals surface area contributed by atoms with Crippen LogP contribution >= 0.6 is 23.2 Å². The van der Waals surface area contributed by atoms with Gasteiger partial charge in [-0.1, -0.05) is 36.2 Å². The second-order valence-electron chi connectivity index (χ2n) is 7.38. The number of methoxy groups -OCH3 is 1. The fraction of sp³-hybridized carbons (Fsp3) is 0.333. The van der Waals surface area contributed by atoms with Gasteiger partial charge < -0.3 is 15.0 Å². The highest BCUT2D eigenvalue weighted by molar-refractivity contribution is 6.35. The molecule has 3 atom stereocenters. The van der Waals surface area contributed by atoms with Gasteiger partial charge in [-0.05, 0) is 42.3 Å². The molecule has 2 aromatic heterocycles. The van der Waals surface area contributed by atoms with E-state index in [1.807, 2.05) is 24.4 Å². The average Bonchev–Trinajstić information content (AvgIpc) is 3.23. The molecule has 0 radical (unpaired) electrons. The first kappa shape index (κ1) is 19.2. The number of aromatic nitrogens is 2. The Hall–Kier alpha value is -2.08. The zero-order valence-corrected chi connectivity index (χ0v) is 17.2. The predicted molar refractivity (Wildman–Crippen MR) is 111 cm³/mol. The second kappa shape index (κ2) is 7.07. The number of amides is 1. The fourth-order valence-electron chi connectivity index (χ4n) is 4.64. The van der Waals surface area contributed by atoms with Crippen LogP contribution in [0.1, 0.15) is 41.6 Å². The van der Waals surface area contributed by atoms with Gasteiger partial charge in [0.25, 0.3) is 0 Å². The first-order valence-corrected chi connectivity index (χ1v) is 9.90. The molecule has 146 valence electrons. The summed E-state index contributed by atoms with van der Waals surface area (Å²) in [5.74, 6) is -0.250. The van der Waals surface area contributed by atoms with Gasteiger partial charge in [0.15, 0.2) is 5.72 Å². The molecule has 3 unspecified atom stereocenters. The predicted octanol–water partition coefficient (Wildman–Crippen LogP) is 4.95. The van der Waals surface area contributed by atoms with E-state index in [9.17, 15) is 4.79 Å². The number of halogens is 2. The first-order valence-electron chi connectivity index (χ1n) is 9.14. The van der Waals surface area contributed by atoms with Crippen LogP contribution in [0.4, 0.5) is 0 Å². The molecule has 1 fully saturated rings. The molecule has 0 aliphatic heterocycles. The molecular formula is C21H21Cl2N3O2. The van der Waals surface area contributed by atoms with Crippen LogP contribution in [0.3, 0.4) is 0 Å². The van der Waals surface area contributed by atoms with E-state index >= 15 is 0 Å². The molecule has 1 aliphatic carbocycles. The number of primary amides is 1. The van der Waals surface area contributed by atoms with Crippen molar-refractivity contribution in [1.29, 1.82) is 0 Å². The summed E-state index contributed by atoms with van der Waals surface area (Å²) in [4.78, 5) is 15.8. The molecule has 3 aromatic rings. The molecule has 0 spiro atoms. The quantitative estimate of drug-likeness (QED) is 0.652. The van der Waals surface area contributed by atoms with Gasteiger partial charge in [0.1, 0.15) is 0 Å². The van der Waals surface area contributed by atoms with Crippen molar-refractivity contribution in [3.63, 3.8) is 0 Å². The van der Waals surface area contributed by atoms with E-state index in [2.05, 4.69) is 16.5 Å². The van der Waals surface area contributed by atoms with Gasteiger partial charge in [0.2, 0.25) is 5.91 Å². The van der Waals surface area contributed by atoms with Crippen LogP contribution in [-0.4, -0.2) is 22.6 Å². The van der Waals surface area contributed by atoms with E-state index in [4.69, 9.17) is 33.7 Å². The summed E-state index contributed by atoms with van der Waals surface area (Å²) in [6.45, 7) is 2.18. The summed E-state index contributed by atoms with van der Waals surface area (Å²) in [7, 11) is 1.71. The molecule has 7 heteroatoms. The Morgan fingerprint density at radius 1 is 1.29 bits per heavy atom. The maximum Gasteiger partial charge on any atom is 0.248 e. The van der Waals surface area contributed by atoms with Crippen LogP contribution in [0.2, 0.25) is 10.0 Å². The molecule has 1 aromatic carbocycles. The number of carbonyl (C=O) groups excluding carboxylic acids is 1. The van der Waals surface area contributed by atoms with Crippen molar-refractivity contribution < 1.29 is 9.53 Å². The van der Waals surface area contributed by atoms with Crippen molar-refractivity contribution in [3.05, 3.63) is 64.0 Å². The number of nitrogens with zero attached hydrogens (tertiary/aromatic N) is 2. The van der Waals surface area contributed by atoms with E-state index < -0.39 is 11.6 Å². The van der Waals surface area contributed by atoms with Crippen molar-refractivity contribution in [2.75, 3.05) is 7.11 Å². The zero-order valence-electron chi connectivity index (χ0n) is 15.7. The monoisotopic (exact) mass is 417 g/mol. The molecule has 0 saturated heterocycles. The van der Waals surface area contributed by atoms with Crippen molar-refractivity contribution in [2.45, 2.75) is 31.4 Å². The molecule has 28 heavy (non-hydrogen) atoms. The van der Waals surface area contributed by atoms with Gasteiger partial charge >= 0.3 is 0 Å². The van der Waals surface area contributed by atoms with Crippen LogP contribution in [0.25, 0.3) is 10.9 Å². The molecule has 4 rings (SSSR count). The summed E-state index contributed by atoms with van der Waals surface area (Å²) in [5, 5.41) is 2.07. The fourth-order valence-corrected chi connectivity index (χ4v) is 5.24. The maximum atomic E-state index is 11.7. The molecule has 1 aliphatic rings. The van der Waals surface area contributed by atoms with Crippen LogP contribution in [0, 0.1) is 5.92 Å². The number of nitrogens with two attached hydrogens (primary N) is 1. The Labute approximate surface area is 173 Å². The Morgan fingerprint density at radius 2 is 2.00 bits per heavy atom. The topological polar surface area (TPSA) is 70.1 Å². The molecule has 5 nitrogen and oxygen atoms in total. The Balaban J connectivity index is 1.96. The van der Waals surface area contributed by atoms with E-state index in [1.54, 1.807) is 25.6 Å². The highest BCUT2D eigenvalue weighted by atomic mass is 35.5. The largest absolute Gasteiger partial charge is 0.366 e. The average molecular weight is 418 g/mol. The minimum absolute atomic E-state index is 0.0756. The summed E-state index contributed by atoms with van der Waals surface area (Å²) < 4.78 is 8.30. The molecular weight excluding hydrogens is 397 g/mol.